The molecular formula is C18H21Cl2NO2. The second-order valence-corrected chi connectivity index (χ2v) is 6.30. The highest BCUT2D eigenvalue weighted by Gasteiger charge is 2.05. The van der Waals surface area contributed by atoms with Crippen LogP contribution in [0, 0.1) is 6.92 Å². The zero-order valence-electron chi connectivity index (χ0n) is 13.1. The summed E-state index contributed by atoms with van der Waals surface area (Å²) in [6, 6.07) is 13.4. The average Bonchev–Trinajstić information content (AvgIpc) is 2.53. The van der Waals surface area contributed by atoms with E-state index in [9.17, 15) is 5.11 Å². The van der Waals surface area contributed by atoms with Gasteiger partial charge in [-0.15, -0.1) is 0 Å². The van der Waals surface area contributed by atoms with E-state index in [4.69, 9.17) is 27.9 Å². The van der Waals surface area contributed by atoms with Crippen molar-refractivity contribution in [2.45, 2.75) is 19.4 Å². The van der Waals surface area contributed by atoms with Crippen molar-refractivity contribution >= 4 is 23.2 Å². The van der Waals surface area contributed by atoms with E-state index in [2.05, 4.69) is 5.32 Å². The smallest absolute Gasteiger partial charge is 0.119 e. The second-order valence-electron chi connectivity index (χ2n) is 5.48. The highest BCUT2D eigenvalue weighted by molar-refractivity contribution is 6.42. The van der Waals surface area contributed by atoms with Crippen LogP contribution in [0.1, 0.15) is 11.1 Å². The van der Waals surface area contributed by atoms with E-state index < -0.39 is 6.10 Å². The predicted molar refractivity (Wildman–Crippen MR) is 95.7 cm³/mol. The third-order valence-corrected chi connectivity index (χ3v) is 4.13. The normalized spacial score (nSPS) is 12.2. The summed E-state index contributed by atoms with van der Waals surface area (Å²) in [4.78, 5) is 0. The number of hydrogen-bond donors (Lipinski definition) is 2. The fourth-order valence-corrected chi connectivity index (χ4v) is 2.47. The number of hydrogen-bond acceptors (Lipinski definition) is 3. The Hall–Kier alpha value is -1.26. The van der Waals surface area contributed by atoms with Crippen LogP contribution in [-0.4, -0.2) is 30.9 Å². The molecule has 2 aromatic carbocycles. The Labute approximate surface area is 147 Å². The number of rotatable bonds is 8. The van der Waals surface area contributed by atoms with Crippen molar-refractivity contribution in [2.75, 3.05) is 19.7 Å². The van der Waals surface area contributed by atoms with Gasteiger partial charge in [0.05, 0.1) is 10.0 Å². The van der Waals surface area contributed by atoms with Gasteiger partial charge in [-0.25, -0.2) is 0 Å². The van der Waals surface area contributed by atoms with Gasteiger partial charge in [0.15, 0.2) is 0 Å². The number of halogens is 2. The van der Waals surface area contributed by atoms with Gasteiger partial charge in [-0.1, -0.05) is 41.4 Å². The highest BCUT2D eigenvalue weighted by Crippen LogP contribution is 2.22. The topological polar surface area (TPSA) is 41.5 Å². The molecular weight excluding hydrogens is 333 g/mol. The molecule has 0 aliphatic rings. The first-order chi connectivity index (χ1) is 11.0. The molecule has 0 aliphatic carbocycles. The number of nitrogens with one attached hydrogen (secondary N) is 1. The molecule has 2 rings (SSSR count). The molecule has 0 aliphatic heterocycles. The lowest BCUT2D eigenvalue weighted by Crippen LogP contribution is -2.32. The average molecular weight is 354 g/mol. The summed E-state index contributed by atoms with van der Waals surface area (Å²) in [6.07, 6.45) is 0.270. The summed E-state index contributed by atoms with van der Waals surface area (Å²) in [5, 5.41) is 14.3. The molecule has 23 heavy (non-hydrogen) atoms. The number of benzene rings is 2. The Kier molecular flexibility index (Phi) is 7.18. The van der Waals surface area contributed by atoms with Crippen molar-refractivity contribution < 1.29 is 9.84 Å². The molecule has 0 saturated carbocycles. The predicted octanol–water partition coefficient (Wildman–Crippen LogP) is 3.87. The molecule has 0 unspecified atom stereocenters. The van der Waals surface area contributed by atoms with Crippen LogP contribution in [0.4, 0.5) is 0 Å². The fourth-order valence-electron chi connectivity index (χ4n) is 2.15. The quantitative estimate of drug-likeness (QED) is 0.707. The maximum absolute atomic E-state index is 9.93. The molecule has 0 radical (unpaired) electrons. The van der Waals surface area contributed by atoms with Crippen LogP contribution < -0.4 is 10.1 Å². The molecule has 0 saturated heterocycles. The molecule has 0 heterocycles. The van der Waals surface area contributed by atoms with Crippen LogP contribution in [0.15, 0.2) is 42.5 Å². The number of ether oxygens (including phenoxy) is 1. The molecule has 2 aromatic rings. The lowest BCUT2D eigenvalue weighted by molar-refractivity contribution is 0.106. The summed E-state index contributed by atoms with van der Waals surface area (Å²) in [5.74, 6) is 0.778. The molecule has 0 amide bonds. The molecule has 0 spiro atoms. The number of aliphatic hydroxyl groups excluding tert-OH is 1. The van der Waals surface area contributed by atoms with Crippen LogP contribution in [0.5, 0.6) is 5.75 Å². The SMILES string of the molecule is Cc1cccc(OC[C@H](O)CNCCc2ccc(Cl)c(Cl)c2)c1. The fraction of sp³-hybridized carbons (Fsp3) is 0.333. The third kappa shape index (κ3) is 6.40. The van der Waals surface area contributed by atoms with Crippen LogP contribution in [-0.2, 0) is 6.42 Å². The first-order valence-corrected chi connectivity index (χ1v) is 8.32. The van der Waals surface area contributed by atoms with Gasteiger partial charge in [-0.05, 0) is 55.3 Å². The van der Waals surface area contributed by atoms with Crippen LogP contribution in [0.25, 0.3) is 0 Å². The first kappa shape index (κ1) is 18.1. The van der Waals surface area contributed by atoms with E-state index in [0.29, 0.717) is 16.6 Å². The molecule has 5 heteroatoms. The van der Waals surface area contributed by atoms with Crippen LogP contribution in [0.2, 0.25) is 10.0 Å². The van der Waals surface area contributed by atoms with E-state index in [1.807, 2.05) is 43.3 Å². The Morgan fingerprint density at radius 1 is 1.13 bits per heavy atom. The van der Waals surface area contributed by atoms with Gasteiger partial charge >= 0.3 is 0 Å². The van der Waals surface area contributed by atoms with Crippen molar-refractivity contribution in [1.82, 2.24) is 5.32 Å². The summed E-state index contributed by atoms with van der Waals surface area (Å²) in [7, 11) is 0. The minimum atomic E-state index is -0.552. The van der Waals surface area contributed by atoms with Gasteiger partial charge in [-0.3, -0.25) is 0 Å². The van der Waals surface area contributed by atoms with Gasteiger partial charge in [0, 0.05) is 6.54 Å². The van der Waals surface area contributed by atoms with Gasteiger partial charge in [0.2, 0.25) is 0 Å². The molecule has 3 nitrogen and oxygen atoms in total. The van der Waals surface area contributed by atoms with Crippen LogP contribution in [0.3, 0.4) is 0 Å². The number of aliphatic hydroxyl groups is 1. The Morgan fingerprint density at radius 2 is 1.96 bits per heavy atom. The van der Waals surface area contributed by atoms with Crippen molar-refractivity contribution in [3.05, 3.63) is 63.6 Å². The maximum Gasteiger partial charge on any atom is 0.119 e. The zero-order valence-corrected chi connectivity index (χ0v) is 14.6. The monoisotopic (exact) mass is 353 g/mol. The third-order valence-electron chi connectivity index (χ3n) is 3.39. The first-order valence-electron chi connectivity index (χ1n) is 7.57. The van der Waals surface area contributed by atoms with Crippen molar-refractivity contribution in [1.29, 1.82) is 0 Å². The van der Waals surface area contributed by atoms with Crippen LogP contribution >= 0.6 is 23.2 Å². The standard InChI is InChI=1S/C18H21Cl2NO2/c1-13-3-2-4-16(9-13)23-12-15(22)11-21-8-7-14-5-6-17(19)18(20)10-14/h2-6,9-10,15,21-22H,7-8,11-12H2,1H3/t15-/m1/s1. The molecule has 0 bridgehead atoms. The van der Waals surface area contributed by atoms with Gasteiger partial charge in [-0.2, -0.15) is 0 Å². The highest BCUT2D eigenvalue weighted by atomic mass is 35.5. The Morgan fingerprint density at radius 3 is 2.70 bits per heavy atom. The van der Waals surface area contributed by atoms with Gasteiger partial charge in [0.25, 0.3) is 0 Å². The van der Waals surface area contributed by atoms with Gasteiger partial charge < -0.3 is 15.2 Å². The van der Waals surface area contributed by atoms with E-state index in [-0.39, 0.29) is 6.61 Å². The Bertz CT molecular complexity index is 634. The maximum atomic E-state index is 9.93. The van der Waals surface area contributed by atoms with E-state index in [1.54, 1.807) is 6.07 Å². The van der Waals surface area contributed by atoms with E-state index >= 15 is 0 Å². The van der Waals surface area contributed by atoms with Crippen molar-refractivity contribution in [2.24, 2.45) is 0 Å². The Balaban J connectivity index is 1.64. The minimum Gasteiger partial charge on any atom is -0.491 e. The van der Waals surface area contributed by atoms with Gasteiger partial charge in [0.1, 0.15) is 18.5 Å². The molecule has 1 atom stereocenters. The van der Waals surface area contributed by atoms with Crippen molar-refractivity contribution in [3.8, 4) is 5.75 Å². The molecule has 2 N–H and O–H groups in total. The molecule has 0 fully saturated rings. The second kappa shape index (κ2) is 9.14. The largest absolute Gasteiger partial charge is 0.491 e. The summed E-state index contributed by atoms with van der Waals surface area (Å²) >= 11 is 11.9. The zero-order chi connectivity index (χ0) is 16.7. The number of aryl methyl sites for hydroxylation is 1. The molecule has 124 valence electrons. The minimum absolute atomic E-state index is 0.267. The lowest BCUT2D eigenvalue weighted by Gasteiger charge is -2.13. The summed E-state index contributed by atoms with van der Waals surface area (Å²) in [6.45, 7) is 3.50. The lowest BCUT2D eigenvalue weighted by atomic mass is 10.1. The summed E-state index contributed by atoms with van der Waals surface area (Å²) < 4.78 is 5.57. The van der Waals surface area contributed by atoms with E-state index in [1.165, 1.54) is 0 Å². The summed E-state index contributed by atoms with van der Waals surface area (Å²) in [5.41, 5.74) is 2.24. The van der Waals surface area contributed by atoms with Crippen molar-refractivity contribution in [3.63, 3.8) is 0 Å². The van der Waals surface area contributed by atoms with E-state index in [0.717, 1.165) is 29.8 Å². The molecule has 0 aromatic heterocycles.